The van der Waals surface area contributed by atoms with Gasteiger partial charge in [0.25, 0.3) is 0 Å². The molecule has 0 aromatic heterocycles. The molecule has 3 heteroatoms. The van der Waals surface area contributed by atoms with Crippen LogP contribution in [0.2, 0.25) is 0 Å². The molecule has 0 radical (unpaired) electrons. The van der Waals surface area contributed by atoms with Gasteiger partial charge in [0.2, 0.25) is 0 Å². The lowest BCUT2D eigenvalue weighted by molar-refractivity contribution is -0.169. The van der Waals surface area contributed by atoms with E-state index in [1.807, 2.05) is 0 Å². The molecule has 0 aliphatic carbocycles. The summed E-state index contributed by atoms with van der Waals surface area (Å²) in [6.45, 7) is 1.77. The maximum Gasteiger partial charge on any atom is 0.102 e. The van der Waals surface area contributed by atoms with Crippen LogP contribution in [0.4, 0.5) is 0 Å². The molecule has 3 aliphatic rings. The molecule has 3 heterocycles. The molecule has 0 saturated carbocycles. The minimum Gasteiger partial charge on any atom is -0.375 e. The highest BCUT2D eigenvalue weighted by Gasteiger charge is 2.34. The Morgan fingerprint density at radius 2 is 1.69 bits per heavy atom. The zero-order chi connectivity index (χ0) is 10.8. The first-order chi connectivity index (χ1) is 7.93. The number of rotatable bonds is 0. The summed E-state index contributed by atoms with van der Waals surface area (Å²) in [6.07, 6.45) is 10.8. The second kappa shape index (κ2) is 4.86. The first kappa shape index (κ1) is 10.8. The second-order valence-electron chi connectivity index (χ2n) is 4.91. The Labute approximate surface area is 96.8 Å². The molecule has 0 aromatic rings. The van der Waals surface area contributed by atoms with Crippen LogP contribution in [-0.4, -0.2) is 37.6 Å². The lowest BCUT2D eigenvalue weighted by Gasteiger charge is -2.39. The summed E-state index contributed by atoms with van der Waals surface area (Å²) >= 11 is 0. The van der Waals surface area contributed by atoms with Gasteiger partial charge in [-0.25, -0.2) is 0 Å². The Kier molecular flexibility index (Phi) is 3.27. The van der Waals surface area contributed by atoms with Gasteiger partial charge in [0, 0.05) is 13.2 Å². The highest BCUT2D eigenvalue weighted by molar-refractivity contribution is 5.00. The Balaban J connectivity index is 1.74. The van der Waals surface area contributed by atoms with Gasteiger partial charge >= 0.3 is 0 Å². The Hall–Kier alpha value is -0.380. The van der Waals surface area contributed by atoms with Crippen LogP contribution in [0.25, 0.3) is 0 Å². The van der Waals surface area contributed by atoms with Crippen LogP contribution in [-0.2, 0) is 14.2 Å². The van der Waals surface area contributed by atoms with Crippen molar-refractivity contribution in [2.45, 2.75) is 56.5 Å². The average molecular weight is 224 g/mol. The van der Waals surface area contributed by atoms with Gasteiger partial charge in [-0.1, -0.05) is 12.2 Å². The molecule has 0 N–H and O–H groups in total. The maximum absolute atomic E-state index is 6.20. The van der Waals surface area contributed by atoms with Crippen molar-refractivity contribution >= 4 is 0 Å². The summed E-state index contributed by atoms with van der Waals surface area (Å²) in [4.78, 5) is 0. The van der Waals surface area contributed by atoms with E-state index in [1.165, 1.54) is 0 Å². The van der Waals surface area contributed by atoms with Crippen molar-refractivity contribution in [2.75, 3.05) is 13.2 Å². The van der Waals surface area contributed by atoms with Gasteiger partial charge in [-0.3, -0.25) is 0 Å². The van der Waals surface area contributed by atoms with Gasteiger partial charge in [-0.05, 0) is 32.1 Å². The van der Waals surface area contributed by atoms with Crippen LogP contribution in [0.15, 0.2) is 12.2 Å². The van der Waals surface area contributed by atoms with Gasteiger partial charge < -0.3 is 14.2 Å². The van der Waals surface area contributed by atoms with Gasteiger partial charge in [0.15, 0.2) is 0 Å². The maximum atomic E-state index is 6.20. The minimum absolute atomic E-state index is 0.177. The summed E-state index contributed by atoms with van der Waals surface area (Å²) in [6, 6.07) is 0. The number of ether oxygens (including phenoxy) is 3. The van der Waals surface area contributed by atoms with Gasteiger partial charge in [0.05, 0.1) is 18.3 Å². The first-order valence-corrected chi connectivity index (χ1v) is 6.49. The number of hydrogen-bond acceptors (Lipinski definition) is 3. The molecule has 3 aliphatic heterocycles. The predicted octanol–water partition coefficient (Wildman–Crippen LogP) is 2.06. The third-order valence-electron chi connectivity index (χ3n) is 3.73. The molecule has 0 unspecified atom stereocenters. The van der Waals surface area contributed by atoms with Crippen molar-refractivity contribution in [3.8, 4) is 0 Å². The smallest absolute Gasteiger partial charge is 0.102 e. The topological polar surface area (TPSA) is 27.7 Å². The largest absolute Gasteiger partial charge is 0.375 e. The van der Waals surface area contributed by atoms with Gasteiger partial charge in [0.1, 0.15) is 6.10 Å². The lowest BCUT2D eigenvalue weighted by Crippen LogP contribution is -2.45. The summed E-state index contributed by atoms with van der Waals surface area (Å²) in [5.74, 6) is 0. The van der Waals surface area contributed by atoms with Crippen LogP contribution in [0.5, 0.6) is 0 Å². The zero-order valence-corrected chi connectivity index (χ0v) is 9.64. The SMILES string of the molecule is C1=C\[C@H]2OCCC[C@@H]2O[C@@H]2CCCO[C@H]2C/1. The third-order valence-corrected chi connectivity index (χ3v) is 3.73. The van der Waals surface area contributed by atoms with E-state index in [9.17, 15) is 0 Å². The summed E-state index contributed by atoms with van der Waals surface area (Å²) < 4.78 is 17.7. The van der Waals surface area contributed by atoms with Crippen LogP contribution in [0.3, 0.4) is 0 Å². The molecule has 2 saturated heterocycles. The van der Waals surface area contributed by atoms with E-state index >= 15 is 0 Å². The number of hydrogen-bond donors (Lipinski definition) is 0. The molecule has 90 valence electrons. The van der Waals surface area contributed by atoms with Crippen molar-refractivity contribution in [3.05, 3.63) is 12.2 Å². The van der Waals surface area contributed by atoms with E-state index in [-0.39, 0.29) is 24.4 Å². The molecule has 0 amide bonds. The summed E-state index contributed by atoms with van der Waals surface area (Å²) in [5.41, 5.74) is 0. The van der Waals surface area contributed by atoms with Crippen molar-refractivity contribution in [1.29, 1.82) is 0 Å². The predicted molar refractivity (Wildman–Crippen MR) is 60.4 cm³/mol. The van der Waals surface area contributed by atoms with E-state index in [0.29, 0.717) is 0 Å². The molecule has 2 fully saturated rings. The quantitative estimate of drug-likeness (QED) is 0.589. The summed E-state index contributed by atoms with van der Waals surface area (Å²) in [7, 11) is 0. The Bertz CT molecular complexity index is 264. The van der Waals surface area contributed by atoms with E-state index in [1.54, 1.807) is 0 Å². The van der Waals surface area contributed by atoms with Crippen LogP contribution in [0, 0.1) is 0 Å². The van der Waals surface area contributed by atoms with E-state index in [0.717, 1.165) is 45.3 Å². The van der Waals surface area contributed by atoms with Gasteiger partial charge in [-0.2, -0.15) is 0 Å². The fourth-order valence-corrected chi connectivity index (χ4v) is 2.86. The molecule has 0 bridgehead atoms. The molecule has 4 atom stereocenters. The van der Waals surface area contributed by atoms with E-state index in [2.05, 4.69) is 12.2 Å². The molecule has 0 aromatic carbocycles. The van der Waals surface area contributed by atoms with Gasteiger partial charge in [-0.15, -0.1) is 0 Å². The Morgan fingerprint density at radius 3 is 2.62 bits per heavy atom. The highest BCUT2D eigenvalue weighted by atomic mass is 16.6. The molecular formula is C13H20O3. The van der Waals surface area contributed by atoms with Crippen molar-refractivity contribution < 1.29 is 14.2 Å². The molecule has 3 rings (SSSR count). The fraction of sp³-hybridized carbons (Fsp3) is 0.846. The van der Waals surface area contributed by atoms with Crippen LogP contribution < -0.4 is 0 Å². The molecule has 3 nitrogen and oxygen atoms in total. The summed E-state index contributed by atoms with van der Waals surface area (Å²) in [5, 5.41) is 0. The van der Waals surface area contributed by atoms with Crippen LogP contribution in [0.1, 0.15) is 32.1 Å². The third kappa shape index (κ3) is 2.17. The zero-order valence-electron chi connectivity index (χ0n) is 9.64. The van der Waals surface area contributed by atoms with E-state index < -0.39 is 0 Å². The minimum atomic E-state index is 0.177. The van der Waals surface area contributed by atoms with Crippen molar-refractivity contribution in [1.82, 2.24) is 0 Å². The molecular weight excluding hydrogens is 204 g/mol. The van der Waals surface area contributed by atoms with E-state index in [4.69, 9.17) is 14.2 Å². The second-order valence-corrected chi connectivity index (χ2v) is 4.91. The fourth-order valence-electron chi connectivity index (χ4n) is 2.86. The Morgan fingerprint density at radius 1 is 0.875 bits per heavy atom. The monoisotopic (exact) mass is 224 g/mol. The number of fused-ring (bicyclic) bond motifs is 2. The van der Waals surface area contributed by atoms with Crippen molar-refractivity contribution in [3.63, 3.8) is 0 Å². The van der Waals surface area contributed by atoms with Crippen molar-refractivity contribution in [2.24, 2.45) is 0 Å². The highest BCUT2D eigenvalue weighted by Crippen LogP contribution is 2.28. The van der Waals surface area contributed by atoms with Crippen LogP contribution >= 0.6 is 0 Å². The molecule has 0 spiro atoms. The lowest BCUT2D eigenvalue weighted by atomic mass is 9.97. The first-order valence-electron chi connectivity index (χ1n) is 6.49. The molecule has 16 heavy (non-hydrogen) atoms. The average Bonchev–Trinajstić information content (AvgIpc) is 2.29. The standard InChI is InChI=1S/C13H20O3/c1-4-10-12(6-2-8-14-10)16-13-7-3-9-15-11(13)5-1/h1,4,10-13H,2-3,5-9H2/b4-1-/t10-,11+,12+,13-/m1/s1. The normalized spacial score (nSPS) is 46.0.